The lowest BCUT2D eigenvalue weighted by molar-refractivity contribution is 1.02. The van der Waals surface area contributed by atoms with Crippen molar-refractivity contribution in [3.63, 3.8) is 0 Å². The Morgan fingerprint density at radius 1 is 1.35 bits per heavy atom. The second-order valence-corrected chi connectivity index (χ2v) is 5.94. The number of nitrogens with zero attached hydrogens (tertiary/aromatic N) is 2. The molecule has 0 aliphatic heterocycles. The first-order chi connectivity index (χ1) is 8.17. The molecule has 0 atom stereocenters. The number of aryl methyl sites for hydroxylation is 1. The zero-order valence-corrected chi connectivity index (χ0v) is 11.6. The van der Waals surface area contributed by atoms with Crippen molar-refractivity contribution < 1.29 is 0 Å². The highest BCUT2D eigenvalue weighted by molar-refractivity contribution is 9.11. The van der Waals surface area contributed by atoms with E-state index in [0.29, 0.717) is 11.6 Å². The van der Waals surface area contributed by atoms with E-state index >= 15 is 0 Å². The normalized spacial score (nSPS) is 10.3. The maximum Gasteiger partial charge on any atom is 0.145 e. The maximum atomic E-state index is 5.33. The van der Waals surface area contributed by atoms with E-state index in [-0.39, 0.29) is 0 Å². The van der Waals surface area contributed by atoms with Crippen LogP contribution in [0.2, 0.25) is 0 Å². The standard InChI is InChI=1S/C10H12BrN5S/c1-6-14-9(4-10(15-6)16-12)13-5-7-2-3-8(11)17-7/h2-4H,5,12H2,1H3,(H2,13,14,15,16). The van der Waals surface area contributed by atoms with E-state index in [9.17, 15) is 0 Å². The average Bonchev–Trinajstić information content (AvgIpc) is 2.72. The molecule has 0 aromatic carbocycles. The molecule has 0 aliphatic carbocycles. The van der Waals surface area contributed by atoms with Gasteiger partial charge in [-0.05, 0) is 35.0 Å². The molecule has 4 N–H and O–H groups in total. The number of rotatable bonds is 4. The number of hydrazine groups is 1. The summed E-state index contributed by atoms with van der Waals surface area (Å²) in [5, 5.41) is 3.23. The third kappa shape index (κ3) is 3.39. The summed E-state index contributed by atoms with van der Waals surface area (Å²) in [5.41, 5.74) is 2.51. The van der Waals surface area contributed by atoms with E-state index in [1.807, 2.05) is 13.0 Å². The van der Waals surface area contributed by atoms with Gasteiger partial charge in [-0.2, -0.15) is 0 Å². The summed E-state index contributed by atoms with van der Waals surface area (Å²) in [4.78, 5) is 9.63. The van der Waals surface area contributed by atoms with Crippen LogP contribution in [0.25, 0.3) is 0 Å². The van der Waals surface area contributed by atoms with Crippen LogP contribution in [0, 0.1) is 6.92 Å². The van der Waals surface area contributed by atoms with Crippen molar-refractivity contribution in [2.75, 3.05) is 10.7 Å². The Morgan fingerprint density at radius 3 is 2.76 bits per heavy atom. The molecule has 0 radical (unpaired) electrons. The Balaban J connectivity index is 2.05. The largest absolute Gasteiger partial charge is 0.365 e. The Bertz CT molecular complexity index is 513. The van der Waals surface area contributed by atoms with E-state index in [0.717, 1.165) is 16.1 Å². The number of aromatic nitrogens is 2. The Hall–Kier alpha value is -1.18. The predicted octanol–water partition coefficient (Wildman–Crippen LogP) is 2.51. The first-order valence-electron chi connectivity index (χ1n) is 4.98. The molecule has 2 aromatic rings. The molecule has 0 fully saturated rings. The van der Waals surface area contributed by atoms with Gasteiger partial charge in [-0.15, -0.1) is 11.3 Å². The SMILES string of the molecule is Cc1nc(NN)cc(NCc2ccc(Br)s2)n1. The van der Waals surface area contributed by atoms with Crippen molar-refractivity contribution in [3.8, 4) is 0 Å². The molecule has 0 aliphatic rings. The summed E-state index contributed by atoms with van der Waals surface area (Å²) >= 11 is 5.12. The van der Waals surface area contributed by atoms with Gasteiger partial charge in [0, 0.05) is 10.9 Å². The second kappa shape index (κ2) is 5.44. The lowest BCUT2D eigenvalue weighted by Gasteiger charge is -2.07. The van der Waals surface area contributed by atoms with Gasteiger partial charge in [-0.3, -0.25) is 0 Å². The fraction of sp³-hybridized carbons (Fsp3) is 0.200. The zero-order valence-electron chi connectivity index (χ0n) is 9.20. The number of halogens is 1. The number of hydrogen-bond acceptors (Lipinski definition) is 6. The molecule has 2 rings (SSSR count). The van der Waals surface area contributed by atoms with Crippen LogP contribution < -0.4 is 16.6 Å². The Kier molecular flexibility index (Phi) is 3.93. The van der Waals surface area contributed by atoms with Crippen molar-refractivity contribution >= 4 is 38.9 Å². The highest BCUT2D eigenvalue weighted by Gasteiger charge is 2.02. The number of anilines is 2. The molecule has 0 saturated carbocycles. The smallest absolute Gasteiger partial charge is 0.145 e. The lowest BCUT2D eigenvalue weighted by atomic mass is 10.4. The molecule has 0 unspecified atom stereocenters. The summed E-state index contributed by atoms with van der Waals surface area (Å²) in [7, 11) is 0. The van der Waals surface area contributed by atoms with Crippen LogP contribution >= 0.6 is 27.3 Å². The molecular weight excluding hydrogens is 302 g/mol. The van der Waals surface area contributed by atoms with Gasteiger partial charge in [-0.1, -0.05) is 0 Å². The molecule has 90 valence electrons. The van der Waals surface area contributed by atoms with Gasteiger partial charge >= 0.3 is 0 Å². The third-order valence-corrected chi connectivity index (χ3v) is 3.68. The maximum absolute atomic E-state index is 5.33. The third-order valence-electron chi connectivity index (χ3n) is 2.06. The van der Waals surface area contributed by atoms with Gasteiger partial charge in [0.1, 0.15) is 17.5 Å². The topological polar surface area (TPSA) is 75.9 Å². The van der Waals surface area contributed by atoms with Gasteiger partial charge in [0.05, 0.1) is 10.3 Å². The van der Waals surface area contributed by atoms with Gasteiger partial charge in [-0.25, -0.2) is 15.8 Å². The quantitative estimate of drug-likeness (QED) is 0.597. The summed E-state index contributed by atoms with van der Waals surface area (Å²) in [6, 6.07) is 5.87. The van der Waals surface area contributed by atoms with E-state index in [1.54, 1.807) is 17.4 Å². The van der Waals surface area contributed by atoms with E-state index < -0.39 is 0 Å². The minimum Gasteiger partial charge on any atom is -0.365 e. The average molecular weight is 314 g/mol. The van der Waals surface area contributed by atoms with E-state index in [1.165, 1.54) is 4.88 Å². The summed E-state index contributed by atoms with van der Waals surface area (Å²) in [6.07, 6.45) is 0. The predicted molar refractivity (Wildman–Crippen MR) is 73.9 cm³/mol. The summed E-state index contributed by atoms with van der Waals surface area (Å²) < 4.78 is 1.12. The highest BCUT2D eigenvalue weighted by Crippen LogP contribution is 2.22. The molecular formula is C10H12BrN5S. The van der Waals surface area contributed by atoms with Crippen molar-refractivity contribution in [2.24, 2.45) is 5.84 Å². The Labute approximate surface area is 112 Å². The van der Waals surface area contributed by atoms with Crippen LogP contribution in [0.4, 0.5) is 11.6 Å². The zero-order chi connectivity index (χ0) is 12.3. The molecule has 0 amide bonds. The molecule has 2 heterocycles. The van der Waals surface area contributed by atoms with Crippen LogP contribution in [0.3, 0.4) is 0 Å². The first-order valence-corrected chi connectivity index (χ1v) is 6.58. The van der Waals surface area contributed by atoms with Crippen LogP contribution in [-0.2, 0) is 6.54 Å². The number of nitrogen functional groups attached to an aromatic ring is 1. The van der Waals surface area contributed by atoms with Crippen molar-refractivity contribution in [3.05, 3.63) is 32.7 Å². The molecule has 0 bridgehead atoms. The molecule has 0 spiro atoms. The van der Waals surface area contributed by atoms with Crippen LogP contribution in [0.5, 0.6) is 0 Å². The molecule has 0 saturated heterocycles. The van der Waals surface area contributed by atoms with Gasteiger partial charge in [0.2, 0.25) is 0 Å². The molecule has 7 heteroatoms. The summed E-state index contributed by atoms with van der Waals surface area (Å²) in [5.74, 6) is 7.37. The van der Waals surface area contributed by atoms with Crippen LogP contribution in [0.15, 0.2) is 22.0 Å². The fourth-order valence-electron chi connectivity index (χ4n) is 1.36. The van der Waals surface area contributed by atoms with Gasteiger partial charge in [0.25, 0.3) is 0 Å². The van der Waals surface area contributed by atoms with Crippen molar-refractivity contribution in [1.29, 1.82) is 0 Å². The van der Waals surface area contributed by atoms with Crippen molar-refractivity contribution in [2.45, 2.75) is 13.5 Å². The number of hydrogen-bond donors (Lipinski definition) is 3. The monoisotopic (exact) mass is 313 g/mol. The van der Waals surface area contributed by atoms with E-state index in [2.05, 4.69) is 42.7 Å². The minimum atomic E-state index is 0.604. The minimum absolute atomic E-state index is 0.604. The Morgan fingerprint density at radius 2 is 2.12 bits per heavy atom. The molecule has 17 heavy (non-hydrogen) atoms. The van der Waals surface area contributed by atoms with Gasteiger partial charge < -0.3 is 10.7 Å². The van der Waals surface area contributed by atoms with Crippen molar-refractivity contribution in [1.82, 2.24) is 9.97 Å². The second-order valence-electron chi connectivity index (χ2n) is 3.39. The van der Waals surface area contributed by atoms with Gasteiger partial charge in [0.15, 0.2) is 0 Å². The fourth-order valence-corrected chi connectivity index (χ4v) is 2.78. The molecule has 5 nitrogen and oxygen atoms in total. The highest BCUT2D eigenvalue weighted by atomic mass is 79.9. The number of thiophene rings is 1. The molecule has 2 aromatic heterocycles. The van der Waals surface area contributed by atoms with Crippen LogP contribution in [0.1, 0.15) is 10.7 Å². The number of nitrogens with one attached hydrogen (secondary N) is 2. The van der Waals surface area contributed by atoms with E-state index in [4.69, 9.17) is 5.84 Å². The lowest BCUT2D eigenvalue weighted by Crippen LogP contribution is -2.11. The summed E-state index contributed by atoms with van der Waals surface area (Å²) in [6.45, 7) is 2.56. The number of nitrogens with two attached hydrogens (primary N) is 1. The first kappa shape index (κ1) is 12.3. The van der Waals surface area contributed by atoms with Crippen LogP contribution in [-0.4, -0.2) is 9.97 Å².